The summed E-state index contributed by atoms with van der Waals surface area (Å²) in [6, 6.07) is 23.6. The van der Waals surface area contributed by atoms with Crippen LogP contribution in [0.4, 0.5) is 44.7 Å². The predicted octanol–water partition coefficient (Wildman–Crippen LogP) is 7.47. The number of rotatable bonds is 19. The minimum atomic E-state index is -4.84. The Morgan fingerprint density at radius 1 is 0.770 bits per heavy atom. The van der Waals surface area contributed by atoms with Gasteiger partial charge in [0.15, 0.2) is 15.6 Å². The van der Waals surface area contributed by atoms with Gasteiger partial charge in [-0.1, -0.05) is 34.3 Å². The highest BCUT2D eigenvalue weighted by molar-refractivity contribution is 7.95. The molecule has 61 heavy (non-hydrogen) atoms. The molecule has 0 unspecified atom stereocenters. The van der Waals surface area contributed by atoms with Crippen LogP contribution in [0.3, 0.4) is 0 Å². The van der Waals surface area contributed by atoms with Gasteiger partial charge in [-0.25, -0.2) is 23.1 Å². The fraction of sp³-hybridized carbons (Fsp3) is 0.0588. The zero-order valence-corrected chi connectivity index (χ0v) is 33.5. The zero-order chi connectivity index (χ0) is 43.6. The van der Waals surface area contributed by atoms with Crippen molar-refractivity contribution in [1.82, 2.24) is 15.0 Å². The number of carbonyl (C=O) groups excluding carboxylic acids is 1. The average Bonchev–Trinajstić information content (AvgIpc) is 3.21. The van der Waals surface area contributed by atoms with Crippen LogP contribution in [0.5, 0.6) is 5.75 Å². The minimum Gasteiger partial charge on any atom is -0.505 e. The van der Waals surface area contributed by atoms with Gasteiger partial charge in [0.2, 0.25) is 11.9 Å². The van der Waals surface area contributed by atoms with Gasteiger partial charge in [0, 0.05) is 32.9 Å². The Morgan fingerprint density at radius 3 is 2.20 bits per heavy atom. The lowest BCUT2D eigenvalue weighted by Gasteiger charge is -2.12. The fourth-order valence-corrected chi connectivity index (χ4v) is 7.63. The number of aromatic hydroxyl groups is 1. The Labute approximate surface area is 351 Å². The van der Waals surface area contributed by atoms with Crippen LogP contribution in [0, 0.1) is 6.08 Å². The molecule has 0 aliphatic carbocycles. The lowest BCUT2D eigenvalue weighted by molar-refractivity contribution is -0.432. The van der Waals surface area contributed by atoms with Gasteiger partial charge >= 0.3 is 16.5 Å². The van der Waals surface area contributed by atoms with Crippen molar-refractivity contribution in [2.45, 2.75) is 14.7 Å². The minimum absolute atomic E-state index is 0.0692. The molecule has 22 nitrogen and oxygen atoms in total. The smallest absolute Gasteiger partial charge is 0.397 e. The molecule has 1 aromatic heterocycles. The molecule has 5 aromatic carbocycles. The molecule has 0 saturated carbocycles. The molecule has 318 valence electrons. The number of azo groups is 1. The maximum absolute atomic E-state index is 14.5. The first-order valence-electron chi connectivity index (χ1n) is 16.6. The van der Waals surface area contributed by atoms with Crippen LogP contribution in [-0.4, -0.2) is 70.2 Å². The summed E-state index contributed by atoms with van der Waals surface area (Å²) in [5, 5.41) is 53.3. The summed E-state index contributed by atoms with van der Waals surface area (Å²) in [6.07, 6.45) is -1.12. The van der Waals surface area contributed by atoms with E-state index in [4.69, 9.17) is 15.1 Å². The quantitative estimate of drug-likeness (QED) is 0.0136. The summed E-state index contributed by atoms with van der Waals surface area (Å²) in [5.74, 6) is -2.24. The number of phenolic OH excluding ortho intramolecular Hbond substituents is 1. The van der Waals surface area contributed by atoms with E-state index in [-0.39, 0.29) is 49.7 Å². The molecular formula is C34H27FN8O14S4. The van der Waals surface area contributed by atoms with Crippen molar-refractivity contribution in [3.8, 4) is 5.75 Å². The van der Waals surface area contributed by atoms with Crippen LogP contribution >= 0.6 is 24.1 Å². The third kappa shape index (κ3) is 12.5. The summed E-state index contributed by atoms with van der Waals surface area (Å²) in [6.45, 7) is -0.834. The lowest BCUT2D eigenvalue weighted by Crippen LogP contribution is -2.16. The van der Waals surface area contributed by atoms with Crippen molar-refractivity contribution >= 4 is 101 Å². The molecule has 27 heteroatoms. The number of halogens is 1. The van der Waals surface area contributed by atoms with Gasteiger partial charge in [0.25, 0.3) is 5.91 Å². The number of benzene rings is 5. The largest absolute Gasteiger partial charge is 0.505 e. The topological polar surface area (TPSA) is 312 Å². The summed E-state index contributed by atoms with van der Waals surface area (Å²) >= 11 is 1.20. The van der Waals surface area contributed by atoms with Crippen LogP contribution < -0.4 is 16.0 Å². The molecule has 1 heterocycles. The average molecular weight is 919 g/mol. The number of nitrogens with zero attached hydrogens (tertiary/aromatic N) is 5. The molecule has 0 spiro atoms. The number of hydrogen-bond donors (Lipinski definition) is 7. The van der Waals surface area contributed by atoms with Crippen LogP contribution in [0.2, 0.25) is 0 Å². The number of sulfone groups is 1. The molecule has 7 N–H and O–H groups in total. The van der Waals surface area contributed by atoms with E-state index >= 15 is 0 Å². The Bertz CT molecular complexity index is 2830. The number of fused-ring (bicyclic) bond motifs is 1. The van der Waals surface area contributed by atoms with Gasteiger partial charge < -0.3 is 21.1 Å². The van der Waals surface area contributed by atoms with Crippen molar-refractivity contribution in [3.05, 3.63) is 109 Å². The van der Waals surface area contributed by atoms with E-state index in [0.29, 0.717) is 45.7 Å². The molecule has 0 saturated heterocycles. The van der Waals surface area contributed by atoms with Crippen LogP contribution in [0.15, 0.2) is 122 Å². The summed E-state index contributed by atoms with van der Waals surface area (Å²) in [4.78, 5) is 25.1. The van der Waals surface area contributed by atoms with Gasteiger partial charge in [-0.3, -0.25) is 9.35 Å². The van der Waals surface area contributed by atoms with Crippen molar-refractivity contribution < 1.29 is 69.1 Å². The Hall–Kier alpha value is -5.95. The highest BCUT2D eigenvalue weighted by Gasteiger charge is 2.19. The van der Waals surface area contributed by atoms with E-state index in [1.54, 1.807) is 36.4 Å². The highest BCUT2D eigenvalue weighted by Crippen LogP contribution is 2.45. The number of phenols is 1. The molecule has 6 rings (SSSR count). The van der Waals surface area contributed by atoms with Crippen molar-refractivity contribution in [1.29, 1.82) is 0 Å². The Kier molecular flexibility index (Phi) is 14.7. The molecule has 0 fully saturated rings. The normalized spacial score (nSPS) is 11.9. The van der Waals surface area contributed by atoms with Crippen molar-refractivity contribution in [2.75, 3.05) is 28.3 Å². The number of anilines is 5. The first kappa shape index (κ1) is 44.6. The maximum atomic E-state index is 14.5. The van der Waals surface area contributed by atoms with Gasteiger partial charge in [0.05, 0.1) is 51.9 Å². The first-order chi connectivity index (χ1) is 29.2. The van der Waals surface area contributed by atoms with E-state index in [1.165, 1.54) is 54.6 Å². The zero-order valence-electron chi connectivity index (χ0n) is 30.3. The van der Waals surface area contributed by atoms with E-state index in [2.05, 4.69) is 64.1 Å². The Morgan fingerprint density at radius 2 is 1.46 bits per heavy atom. The third-order valence-electron chi connectivity index (χ3n) is 7.73. The molecule has 0 aliphatic rings. The van der Waals surface area contributed by atoms with Crippen LogP contribution in [-0.2, 0) is 43.2 Å². The van der Waals surface area contributed by atoms with Gasteiger partial charge in [-0.2, -0.15) is 32.9 Å². The number of hydrogen-bond acceptors (Lipinski definition) is 22. The predicted molar refractivity (Wildman–Crippen MR) is 214 cm³/mol. The Balaban J connectivity index is 1.21. The molecule has 6 aromatic rings. The van der Waals surface area contributed by atoms with Crippen LogP contribution in [0.1, 0.15) is 10.4 Å². The molecule has 0 bridgehead atoms. The van der Waals surface area contributed by atoms with E-state index < -0.39 is 50.3 Å². The fourth-order valence-electron chi connectivity index (χ4n) is 5.19. The van der Waals surface area contributed by atoms with E-state index in [1.807, 2.05) is 0 Å². The summed E-state index contributed by atoms with van der Waals surface area (Å²) < 4.78 is 83.2. The summed E-state index contributed by atoms with van der Waals surface area (Å²) in [7, 11) is -8.92. The van der Waals surface area contributed by atoms with Crippen LogP contribution in [0.25, 0.3) is 10.8 Å². The van der Waals surface area contributed by atoms with Gasteiger partial charge in [0.1, 0.15) is 5.69 Å². The molecular weight excluding hydrogens is 892 g/mol. The molecule has 0 atom stereocenters. The first-order valence-corrected chi connectivity index (χ1v) is 21.1. The monoisotopic (exact) mass is 918 g/mol. The third-order valence-corrected chi connectivity index (χ3v) is 11.1. The van der Waals surface area contributed by atoms with Gasteiger partial charge in [-0.15, -0.1) is 13.8 Å². The number of carbonyl (C=O) groups is 1. The van der Waals surface area contributed by atoms with E-state index in [9.17, 15) is 31.1 Å². The second-order valence-corrected chi connectivity index (χ2v) is 16.5. The second kappa shape index (κ2) is 20.1. The summed E-state index contributed by atoms with van der Waals surface area (Å²) in [5.41, 5.74) is 0.856. The van der Waals surface area contributed by atoms with E-state index in [0.717, 1.165) is 6.07 Å². The molecule has 0 radical (unpaired) electrons. The van der Waals surface area contributed by atoms with Crippen molar-refractivity contribution in [3.63, 3.8) is 0 Å². The second-order valence-electron chi connectivity index (χ2n) is 11.8. The maximum Gasteiger partial charge on any atom is 0.397 e. The number of nitrogens with one attached hydrogen (secondary N) is 3. The molecule has 0 aliphatic heterocycles. The highest BCUT2D eigenvalue weighted by atomic mass is 32.3. The SMILES string of the molecule is O=C(Nc1cccc(S(=O)(=O)CCOS(=O)(=O)O)c1)c1cccc(N=Nc2c(SOOO)cc3ccc(Nc4nc(F)nc(Nc5cccc(SOOO)c5)n4)cc3c2O)c1. The number of amides is 1. The van der Waals surface area contributed by atoms with Gasteiger partial charge in [-0.05, 0) is 78.2 Å². The standard InChI is InChI=1S/C34H27FN8O14S4/c35-32-39-33(37-21-5-2-8-25(16-21)58-56-54-46)41-34(40-32)38-23-11-10-19-15-28(59-57-55-47)29(30(44)27(19)18-23)43-42-24-7-1-4-20(14-24)31(45)36-22-6-3-9-26(17-22)60(48,49)13-12-53-61(50,51)52/h1-11,14-18,44,46-47H,12-13H2,(H,36,45)(H,50,51,52)(H2,37,38,39,40,41). The molecule has 1 amide bonds. The lowest BCUT2D eigenvalue weighted by atomic mass is 10.1. The van der Waals surface area contributed by atoms with Crippen molar-refractivity contribution in [2.24, 2.45) is 10.2 Å². The number of aromatic nitrogens is 3.